The molecule has 0 aliphatic rings. The second-order valence-corrected chi connectivity index (χ2v) is 3.97. The van der Waals surface area contributed by atoms with Crippen LogP contribution in [0.5, 0.6) is 0 Å². The molecule has 0 radical (unpaired) electrons. The van der Waals surface area contributed by atoms with Crippen molar-refractivity contribution < 1.29 is 0 Å². The maximum atomic E-state index is 3.20. The molecule has 0 aliphatic heterocycles. The van der Waals surface area contributed by atoms with E-state index in [1.54, 1.807) is 9.12 Å². The number of halogens is 1. The molecular weight excluding hydrogens is 269 g/mol. The SMILES string of the molecule is ISNCCc1ccccc1. The third kappa shape index (κ3) is 3.98. The van der Waals surface area contributed by atoms with Crippen LogP contribution in [0.15, 0.2) is 30.3 Å². The zero-order valence-electron chi connectivity index (χ0n) is 6.09. The first-order valence-corrected chi connectivity index (χ1v) is 6.84. The topological polar surface area (TPSA) is 12.0 Å². The summed E-state index contributed by atoms with van der Waals surface area (Å²) in [5, 5.41) is 0. The van der Waals surface area contributed by atoms with E-state index in [2.05, 4.69) is 50.2 Å². The van der Waals surface area contributed by atoms with E-state index in [1.165, 1.54) is 5.56 Å². The average molecular weight is 279 g/mol. The summed E-state index contributed by atoms with van der Waals surface area (Å²) < 4.78 is 3.20. The Labute approximate surface area is 83.7 Å². The van der Waals surface area contributed by atoms with Gasteiger partial charge in [0.15, 0.2) is 0 Å². The van der Waals surface area contributed by atoms with Gasteiger partial charge in [0.25, 0.3) is 0 Å². The van der Waals surface area contributed by atoms with Gasteiger partial charge in [-0.05, 0) is 21.1 Å². The Kier molecular flexibility index (Phi) is 4.97. The molecule has 0 heterocycles. The molecule has 0 unspecified atom stereocenters. The molecule has 1 rings (SSSR count). The number of benzene rings is 1. The molecular formula is C8H10INS. The summed E-state index contributed by atoms with van der Waals surface area (Å²) in [5.41, 5.74) is 1.39. The molecule has 0 fully saturated rings. The number of hydrogen-bond acceptors (Lipinski definition) is 2. The molecule has 1 aromatic carbocycles. The van der Waals surface area contributed by atoms with Crippen LogP contribution in [0.4, 0.5) is 0 Å². The van der Waals surface area contributed by atoms with Crippen molar-refractivity contribution in [3.63, 3.8) is 0 Å². The van der Waals surface area contributed by atoms with Crippen LogP contribution in [-0.2, 0) is 6.42 Å². The summed E-state index contributed by atoms with van der Waals surface area (Å²) in [4.78, 5) is 0. The fourth-order valence-corrected chi connectivity index (χ4v) is 1.72. The second kappa shape index (κ2) is 5.85. The van der Waals surface area contributed by atoms with Crippen LogP contribution in [0.2, 0.25) is 0 Å². The molecule has 0 atom stereocenters. The third-order valence-corrected chi connectivity index (χ3v) is 2.66. The highest BCUT2D eigenvalue weighted by Crippen LogP contribution is 2.04. The first kappa shape index (κ1) is 9.35. The van der Waals surface area contributed by atoms with Crippen LogP contribution in [-0.4, -0.2) is 6.54 Å². The highest BCUT2D eigenvalue weighted by atomic mass is 127. The molecule has 0 bridgehead atoms. The Morgan fingerprint density at radius 1 is 1.27 bits per heavy atom. The van der Waals surface area contributed by atoms with Gasteiger partial charge >= 0.3 is 0 Å². The van der Waals surface area contributed by atoms with Crippen molar-refractivity contribution >= 4 is 30.3 Å². The average Bonchev–Trinajstić information content (AvgIpc) is 2.07. The fraction of sp³-hybridized carbons (Fsp3) is 0.250. The minimum absolute atomic E-state index is 1.04. The van der Waals surface area contributed by atoms with Crippen LogP contribution >= 0.6 is 30.3 Å². The van der Waals surface area contributed by atoms with E-state index in [0.29, 0.717) is 0 Å². The molecule has 0 spiro atoms. The lowest BCUT2D eigenvalue weighted by Gasteiger charge is -1.99. The second-order valence-electron chi connectivity index (χ2n) is 2.21. The number of hydrogen-bond donors (Lipinski definition) is 1. The normalized spacial score (nSPS) is 9.91. The molecule has 0 aliphatic carbocycles. The van der Waals surface area contributed by atoms with E-state index in [-0.39, 0.29) is 0 Å². The maximum absolute atomic E-state index is 3.20. The van der Waals surface area contributed by atoms with Crippen LogP contribution in [0.1, 0.15) is 5.56 Å². The molecule has 1 aromatic rings. The van der Waals surface area contributed by atoms with E-state index in [4.69, 9.17) is 0 Å². The van der Waals surface area contributed by atoms with E-state index >= 15 is 0 Å². The van der Waals surface area contributed by atoms with Crippen molar-refractivity contribution in [3.05, 3.63) is 35.9 Å². The van der Waals surface area contributed by atoms with Crippen molar-refractivity contribution in [1.82, 2.24) is 4.72 Å². The molecule has 11 heavy (non-hydrogen) atoms. The van der Waals surface area contributed by atoms with Gasteiger partial charge in [-0.3, -0.25) is 4.72 Å². The van der Waals surface area contributed by atoms with Crippen molar-refractivity contribution in [1.29, 1.82) is 0 Å². The van der Waals surface area contributed by atoms with Gasteiger partial charge in [-0.1, -0.05) is 30.3 Å². The zero-order valence-corrected chi connectivity index (χ0v) is 9.06. The lowest BCUT2D eigenvalue weighted by Crippen LogP contribution is -2.05. The Balaban J connectivity index is 2.28. The van der Waals surface area contributed by atoms with Gasteiger partial charge in [0.1, 0.15) is 0 Å². The van der Waals surface area contributed by atoms with E-state index in [0.717, 1.165) is 13.0 Å². The summed E-state index contributed by atoms with van der Waals surface area (Å²) in [6, 6.07) is 10.5. The van der Waals surface area contributed by atoms with Gasteiger partial charge in [-0.15, -0.1) is 0 Å². The zero-order chi connectivity index (χ0) is 7.94. The Hall–Kier alpha value is 0.260. The van der Waals surface area contributed by atoms with E-state index < -0.39 is 0 Å². The first-order chi connectivity index (χ1) is 5.43. The lowest BCUT2D eigenvalue weighted by atomic mass is 10.2. The largest absolute Gasteiger partial charge is 0.255 e. The fourth-order valence-electron chi connectivity index (χ4n) is 0.879. The maximum Gasteiger partial charge on any atom is 0.0143 e. The Morgan fingerprint density at radius 2 is 2.00 bits per heavy atom. The summed E-state index contributed by atoms with van der Waals surface area (Å²) in [6.07, 6.45) is 1.11. The van der Waals surface area contributed by atoms with Crippen molar-refractivity contribution in [2.75, 3.05) is 6.54 Å². The first-order valence-electron chi connectivity index (χ1n) is 3.48. The summed E-state index contributed by atoms with van der Waals surface area (Å²) >= 11 is 2.24. The van der Waals surface area contributed by atoms with Crippen molar-refractivity contribution in [2.45, 2.75) is 6.42 Å². The number of nitrogens with one attached hydrogen (secondary N) is 1. The van der Waals surface area contributed by atoms with Crippen LogP contribution in [0, 0.1) is 0 Å². The Morgan fingerprint density at radius 3 is 2.64 bits per heavy atom. The standard InChI is InChI=1S/C8H10INS/c9-11-10-7-6-8-4-2-1-3-5-8/h1-5,10H,6-7H2. The smallest absolute Gasteiger partial charge is 0.0143 e. The minimum atomic E-state index is 1.04. The van der Waals surface area contributed by atoms with Gasteiger partial charge in [0.2, 0.25) is 0 Å². The number of rotatable bonds is 4. The highest BCUT2D eigenvalue weighted by molar-refractivity contribution is 14.2. The van der Waals surface area contributed by atoms with Crippen LogP contribution in [0.25, 0.3) is 0 Å². The van der Waals surface area contributed by atoms with Gasteiger partial charge < -0.3 is 0 Å². The molecule has 3 heteroatoms. The molecule has 0 aromatic heterocycles. The third-order valence-electron chi connectivity index (χ3n) is 1.41. The van der Waals surface area contributed by atoms with Gasteiger partial charge in [0, 0.05) is 27.8 Å². The van der Waals surface area contributed by atoms with E-state index in [9.17, 15) is 0 Å². The van der Waals surface area contributed by atoms with E-state index in [1.807, 2.05) is 6.07 Å². The van der Waals surface area contributed by atoms with Crippen LogP contribution < -0.4 is 4.72 Å². The monoisotopic (exact) mass is 279 g/mol. The van der Waals surface area contributed by atoms with Gasteiger partial charge in [0.05, 0.1) is 0 Å². The molecule has 1 nitrogen and oxygen atoms in total. The molecule has 0 saturated carbocycles. The predicted octanol–water partition coefficient (Wildman–Crippen LogP) is 2.82. The van der Waals surface area contributed by atoms with Gasteiger partial charge in [-0.2, -0.15) is 0 Å². The summed E-state index contributed by atoms with van der Waals surface area (Å²) in [6.45, 7) is 1.04. The molecule has 1 N–H and O–H groups in total. The van der Waals surface area contributed by atoms with Gasteiger partial charge in [-0.25, -0.2) is 0 Å². The molecule has 0 amide bonds. The quantitative estimate of drug-likeness (QED) is 0.517. The highest BCUT2D eigenvalue weighted by Gasteiger charge is 1.88. The molecule has 0 saturated heterocycles. The lowest BCUT2D eigenvalue weighted by molar-refractivity contribution is 0.913. The molecule has 60 valence electrons. The Bertz CT molecular complexity index is 191. The summed E-state index contributed by atoms with van der Waals surface area (Å²) in [5.74, 6) is 0. The summed E-state index contributed by atoms with van der Waals surface area (Å²) in [7, 11) is 1.64. The van der Waals surface area contributed by atoms with Crippen LogP contribution in [0.3, 0.4) is 0 Å². The minimum Gasteiger partial charge on any atom is -0.255 e. The van der Waals surface area contributed by atoms with Crippen molar-refractivity contribution in [3.8, 4) is 0 Å². The van der Waals surface area contributed by atoms with Crippen molar-refractivity contribution in [2.24, 2.45) is 0 Å². The predicted molar refractivity (Wildman–Crippen MR) is 59.8 cm³/mol.